The predicted octanol–water partition coefficient (Wildman–Crippen LogP) is 4.80. The lowest BCUT2D eigenvalue weighted by Gasteiger charge is -2.39. The SMILES string of the molecule is c1ccc(C2CCc3ccccc3N2c2ccc(OCCN3CCNCC3)cc2)cc1. The van der Waals surface area contributed by atoms with Crippen molar-refractivity contribution in [1.29, 1.82) is 0 Å². The summed E-state index contributed by atoms with van der Waals surface area (Å²) in [5.41, 5.74) is 5.32. The molecule has 160 valence electrons. The van der Waals surface area contributed by atoms with Gasteiger partial charge >= 0.3 is 0 Å². The van der Waals surface area contributed by atoms with E-state index in [0.29, 0.717) is 6.04 Å². The summed E-state index contributed by atoms with van der Waals surface area (Å²) in [6.07, 6.45) is 2.23. The third-order valence-corrected chi connectivity index (χ3v) is 6.44. The van der Waals surface area contributed by atoms with Gasteiger partial charge in [0.1, 0.15) is 12.4 Å². The minimum Gasteiger partial charge on any atom is -0.492 e. The number of ether oxygens (including phenoxy) is 1. The molecule has 4 heteroatoms. The quantitative estimate of drug-likeness (QED) is 0.628. The van der Waals surface area contributed by atoms with Crippen molar-refractivity contribution in [3.63, 3.8) is 0 Å². The van der Waals surface area contributed by atoms with E-state index < -0.39 is 0 Å². The fraction of sp³-hybridized carbons (Fsp3) is 0.333. The fourth-order valence-electron chi connectivity index (χ4n) is 4.79. The first-order valence-corrected chi connectivity index (χ1v) is 11.5. The first kappa shape index (κ1) is 20.1. The molecule has 1 unspecified atom stereocenters. The van der Waals surface area contributed by atoms with E-state index in [9.17, 15) is 0 Å². The summed E-state index contributed by atoms with van der Waals surface area (Å²) >= 11 is 0. The van der Waals surface area contributed by atoms with Gasteiger partial charge in [0.15, 0.2) is 0 Å². The molecule has 0 saturated carbocycles. The van der Waals surface area contributed by atoms with Crippen LogP contribution in [0.15, 0.2) is 78.9 Å². The molecule has 2 aliphatic rings. The van der Waals surface area contributed by atoms with E-state index in [0.717, 1.165) is 57.9 Å². The number of hydrogen-bond acceptors (Lipinski definition) is 4. The lowest BCUT2D eigenvalue weighted by Crippen LogP contribution is -2.44. The molecule has 0 aromatic heterocycles. The maximum Gasteiger partial charge on any atom is 0.119 e. The van der Waals surface area contributed by atoms with Gasteiger partial charge in [-0.1, -0.05) is 48.5 Å². The number of piperazine rings is 1. The summed E-state index contributed by atoms with van der Waals surface area (Å²) in [6, 6.07) is 28.7. The lowest BCUT2D eigenvalue weighted by molar-refractivity contribution is 0.191. The van der Waals surface area contributed by atoms with Gasteiger partial charge in [0.25, 0.3) is 0 Å². The van der Waals surface area contributed by atoms with Crippen molar-refractivity contribution in [2.75, 3.05) is 44.2 Å². The van der Waals surface area contributed by atoms with Crippen molar-refractivity contribution in [3.05, 3.63) is 90.0 Å². The van der Waals surface area contributed by atoms with Crippen LogP contribution in [-0.4, -0.2) is 44.2 Å². The minimum absolute atomic E-state index is 0.343. The van der Waals surface area contributed by atoms with Crippen LogP contribution in [-0.2, 0) is 6.42 Å². The Kier molecular flexibility index (Phi) is 6.19. The number of anilines is 2. The van der Waals surface area contributed by atoms with Crippen molar-refractivity contribution in [2.45, 2.75) is 18.9 Å². The highest BCUT2D eigenvalue weighted by molar-refractivity contribution is 5.70. The Morgan fingerprint density at radius 1 is 0.839 bits per heavy atom. The van der Waals surface area contributed by atoms with E-state index in [1.807, 2.05) is 0 Å². The number of nitrogens with one attached hydrogen (secondary N) is 1. The Hall–Kier alpha value is -2.82. The second kappa shape index (κ2) is 9.54. The Labute approximate surface area is 185 Å². The Balaban J connectivity index is 1.34. The van der Waals surface area contributed by atoms with Gasteiger partial charge in [-0.25, -0.2) is 0 Å². The van der Waals surface area contributed by atoms with Crippen LogP contribution < -0.4 is 15.0 Å². The average molecular weight is 414 g/mol. The molecule has 3 aromatic rings. The molecule has 2 aliphatic heterocycles. The topological polar surface area (TPSA) is 27.7 Å². The molecule has 0 bridgehead atoms. The van der Waals surface area contributed by atoms with E-state index in [1.54, 1.807) is 0 Å². The second-order valence-electron chi connectivity index (χ2n) is 8.40. The van der Waals surface area contributed by atoms with Crippen LogP contribution in [0.2, 0.25) is 0 Å². The number of hydrogen-bond donors (Lipinski definition) is 1. The smallest absolute Gasteiger partial charge is 0.119 e. The average Bonchev–Trinajstić information content (AvgIpc) is 2.85. The predicted molar refractivity (Wildman–Crippen MR) is 127 cm³/mol. The molecular formula is C27H31N3O. The van der Waals surface area contributed by atoms with Gasteiger partial charge in [-0.15, -0.1) is 0 Å². The van der Waals surface area contributed by atoms with Crippen LogP contribution in [0.4, 0.5) is 11.4 Å². The van der Waals surface area contributed by atoms with Crippen LogP contribution in [0.3, 0.4) is 0 Å². The van der Waals surface area contributed by atoms with E-state index >= 15 is 0 Å². The van der Waals surface area contributed by atoms with Crippen LogP contribution in [0, 0.1) is 0 Å². The molecule has 0 aliphatic carbocycles. The van der Waals surface area contributed by atoms with Crippen LogP contribution in [0.5, 0.6) is 5.75 Å². The molecule has 0 radical (unpaired) electrons. The van der Waals surface area contributed by atoms with E-state index in [4.69, 9.17) is 4.74 Å². The summed E-state index contributed by atoms with van der Waals surface area (Å²) in [6.45, 7) is 6.09. The molecule has 1 N–H and O–H groups in total. The monoisotopic (exact) mass is 413 g/mol. The molecule has 0 amide bonds. The maximum absolute atomic E-state index is 6.05. The third kappa shape index (κ3) is 4.60. The van der Waals surface area contributed by atoms with Gasteiger partial charge < -0.3 is 15.0 Å². The number of para-hydroxylation sites is 1. The molecule has 0 spiro atoms. The number of nitrogens with zero attached hydrogens (tertiary/aromatic N) is 2. The highest BCUT2D eigenvalue weighted by atomic mass is 16.5. The Morgan fingerprint density at radius 3 is 2.39 bits per heavy atom. The lowest BCUT2D eigenvalue weighted by atomic mass is 9.90. The van der Waals surface area contributed by atoms with Gasteiger partial charge in [0, 0.05) is 44.1 Å². The van der Waals surface area contributed by atoms with Crippen molar-refractivity contribution < 1.29 is 4.74 Å². The van der Waals surface area contributed by atoms with Gasteiger partial charge in [-0.2, -0.15) is 0 Å². The van der Waals surface area contributed by atoms with Crippen molar-refractivity contribution >= 4 is 11.4 Å². The van der Waals surface area contributed by atoms with Crippen LogP contribution >= 0.6 is 0 Å². The zero-order valence-corrected chi connectivity index (χ0v) is 18.0. The molecule has 1 fully saturated rings. The third-order valence-electron chi connectivity index (χ3n) is 6.44. The first-order chi connectivity index (χ1) is 15.4. The normalized spacial score (nSPS) is 19.1. The van der Waals surface area contributed by atoms with Crippen molar-refractivity contribution in [1.82, 2.24) is 10.2 Å². The van der Waals surface area contributed by atoms with Gasteiger partial charge in [-0.05, 0) is 54.3 Å². The Bertz CT molecular complexity index is 967. The van der Waals surface area contributed by atoms with Crippen molar-refractivity contribution in [2.24, 2.45) is 0 Å². The zero-order chi connectivity index (χ0) is 20.9. The molecule has 4 nitrogen and oxygen atoms in total. The molecule has 1 atom stereocenters. The van der Waals surface area contributed by atoms with Gasteiger partial charge in [-0.3, -0.25) is 4.90 Å². The van der Waals surface area contributed by atoms with E-state index in [-0.39, 0.29) is 0 Å². The first-order valence-electron chi connectivity index (χ1n) is 11.5. The minimum atomic E-state index is 0.343. The Morgan fingerprint density at radius 2 is 1.58 bits per heavy atom. The second-order valence-corrected chi connectivity index (χ2v) is 8.40. The summed E-state index contributed by atoms with van der Waals surface area (Å²) in [5, 5.41) is 3.40. The molecule has 2 heterocycles. The molecule has 1 saturated heterocycles. The molecule has 3 aromatic carbocycles. The number of fused-ring (bicyclic) bond motifs is 1. The summed E-state index contributed by atoms with van der Waals surface area (Å²) < 4.78 is 6.05. The molecular weight excluding hydrogens is 382 g/mol. The number of aryl methyl sites for hydroxylation is 1. The summed E-state index contributed by atoms with van der Waals surface area (Å²) in [5.74, 6) is 0.945. The zero-order valence-electron chi connectivity index (χ0n) is 18.0. The van der Waals surface area contributed by atoms with Crippen LogP contribution in [0.1, 0.15) is 23.6 Å². The van der Waals surface area contributed by atoms with Gasteiger partial charge in [0.2, 0.25) is 0 Å². The number of rotatable bonds is 6. The summed E-state index contributed by atoms with van der Waals surface area (Å²) in [4.78, 5) is 4.96. The highest BCUT2D eigenvalue weighted by Crippen LogP contribution is 2.43. The van der Waals surface area contributed by atoms with Crippen molar-refractivity contribution in [3.8, 4) is 5.75 Å². The van der Waals surface area contributed by atoms with E-state index in [2.05, 4.69) is 94.0 Å². The van der Waals surface area contributed by atoms with E-state index in [1.165, 1.54) is 22.5 Å². The number of benzene rings is 3. The molecule has 31 heavy (non-hydrogen) atoms. The highest BCUT2D eigenvalue weighted by Gasteiger charge is 2.28. The largest absolute Gasteiger partial charge is 0.492 e. The fourth-order valence-corrected chi connectivity index (χ4v) is 4.79. The summed E-state index contributed by atoms with van der Waals surface area (Å²) in [7, 11) is 0. The molecule has 5 rings (SSSR count). The van der Waals surface area contributed by atoms with Crippen LogP contribution in [0.25, 0.3) is 0 Å². The standard InChI is InChI=1S/C27H31N3O/c1-2-6-22(7-3-1)27-15-10-23-8-4-5-9-26(23)30(27)24-11-13-25(14-12-24)31-21-20-29-18-16-28-17-19-29/h1-9,11-14,27-28H,10,15-21H2. The van der Waals surface area contributed by atoms with Gasteiger partial charge in [0.05, 0.1) is 6.04 Å². The maximum atomic E-state index is 6.05.